The summed E-state index contributed by atoms with van der Waals surface area (Å²) in [4.78, 5) is 2.48. The van der Waals surface area contributed by atoms with Crippen LogP contribution in [0, 0.1) is 18.8 Å². The fraction of sp³-hybridized carbons (Fsp3) is 0.667. The van der Waals surface area contributed by atoms with Crippen LogP contribution in [0.15, 0.2) is 24.3 Å². The van der Waals surface area contributed by atoms with Crippen molar-refractivity contribution < 1.29 is 0 Å². The van der Waals surface area contributed by atoms with Gasteiger partial charge in [0, 0.05) is 18.8 Å². The van der Waals surface area contributed by atoms with Crippen LogP contribution in [-0.2, 0) is 0 Å². The van der Waals surface area contributed by atoms with Crippen LogP contribution in [0.4, 0.5) is 5.69 Å². The van der Waals surface area contributed by atoms with Gasteiger partial charge in [-0.1, -0.05) is 26.0 Å². The molecule has 0 saturated heterocycles. The molecule has 0 spiro atoms. The second-order valence-corrected chi connectivity index (χ2v) is 6.14. The third-order valence-electron chi connectivity index (χ3n) is 4.23. The summed E-state index contributed by atoms with van der Waals surface area (Å²) < 4.78 is 0. The van der Waals surface area contributed by atoms with Gasteiger partial charge in [-0.15, -0.1) is 0 Å². The van der Waals surface area contributed by atoms with Gasteiger partial charge in [0.25, 0.3) is 0 Å². The van der Waals surface area contributed by atoms with Gasteiger partial charge in [0.15, 0.2) is 0 Å². The van der Waals surface area contributed by atoms with E-state index in [4.69, 9.17) is 5.73 Å². The van der Waals surface area contributed by atoms with Crippen molar-refractivity contribution in [3.63, 3.8) is 0 Å². The summed E-state index contributed by atoms with van der Waals surface area (Å²) >= 11 is 0. The van der Waals surface area contributed by atoms with Crippen LogP contribution >= 0.6 is 0 Å². The Morgan fingerprint density at radius 1 is 1.20 bits per heavy atom. The molecule has 0 saturated carbocycles. The second kappa shape index (κ2) is 9.02. The Bertz CT molecular complexity index is 373. The van der Waals surface area contributed by atoms with Crippen LogP contribution < -0.4 is 10.6 Å². The number of aryl methyl sites for hydroxylation is 1. The van der Waals surface area contributed by atoms with Gasteiger partial charge in [-0.05, 0) is 69.2 Å². The molecule has 2 heteroatoms. The number of anilines is 1. The lowest BCUT2D eigenvalue weighted by Crippen LogP contribution is -2.25. The van der Waals surface area contributed by atoms with Crippen molar-refractivity contribution in [3.05, 3.63) is 29.8 Å². The highest BCUT2D eigenvalue weighted by Gasteiger charge is 2.13. The molecule has 2 N–H and O–H groups in total. The smallest absolute Gasteiger partial charge is 0.0368 e. The quantitative estimate of drug-likeness (QED) is 0.731. The van der Waals surface area contributed by atoms with Crippen LogP contribution in [0.5, 0.6) is 0 Å². The van der Waals surface area contributed by atoms with E-state index in [1.165, 1.54) is 24.1 Å². The monoisotopic (exact) mass is 276 g/mol. The molecule has 0 aromatic heterocycles. The molecule has 0 radical (unpaired) electrons. The predicted octanol–water partition coefficient (Wildman–Crippen LogP) is 4.22. The van der Waals surface area contributed by atoms with Crippen molar-refractivity contribution in [1.82, 2.24) is 0 Å². The first-order valence-electron chi connectivity index (χ1n) is 8.10. The number of nitrogens with two attached hydrogens (primary N) is 1. The van der Waals surface area contributed by atoms with Gasteiger partial charge in [0.1, 0.15) is 0 Å². The van der Waals surface area contributed by atoms with Crippen molar-refractivity contribution in [2.24, 2.45) is 17.6 Å². The maximum Gasteiger partial charge on any atom is 0.0368 e. The molecule has 0 heterocycles. The highest BCUT2D eigenvalue weighted by Crippen LogP contribution is 2.22. The van der Waals surface area contributed by atoms with E-state index in [9.17, 15) is 0 Å². The molecule has 1 aromatic rings. The minimum absolute atomic E-state index is 0.743. The number of hydrogen-bond acceptors (Lipinski definition) is 2. The Kier molecular flexibility index (Phi) is 7.68. The Hall–Kier alpha value is -1.02. The topological polar surface area (TPSA) is 29.3 Å². The standard InChI is InChI=1S/C18H32N2/c1-5-20(18-10-6-8-16(4)14-18)13-7-9-17(11-12-19)15(2)3/h6,8,10,14-15,17H,5,7,9,11-13,19H2,1-4H3. The van der Waals surface area contributed by atoms with Crippen molar-refractivity contribution in [2.75, 3.05) is 24.5 Å². The largest absolute Gasteiger partial charge is 0.372 e. The van der Waals surface area contributed by atoms with Gasteiger partial charge in [-0.2, -0.15) is 0 Å². The van der Waals surface area contributed by atoms with E-state index in [1.807, 2.05) is 0 Å². The van der Waals surface area contributed by atoms with E-state index in [0.717, 1.165) is 37.9 Å². The average Bonchev–Trinajstić information content (AvgIpc) is 2.42. The maximum atomic E-state index is 5.72. The first-order valence-corrected chi connectivity index (χ1v) is 8.10. The molecule has 0 amide bonds. The van der Waals surface area contributed by atoms with E-state index in [2.05, 4.69) is 56.9 Å². The molecule has 1 unspecified atom stereocenters. The third-order valence-corrected chi connectivity index (χ3v) is 4.23. The van der Waals surface area contributed by atoms with Crippen molar-refractivity contribution >= 4 is 5.69 Å². The number of nitrogens with zero attached hydrogens (tertiary/aromatic N) is 1. The summed E-state index contributed by atoms with van der Waals surface area (Å²) in [5.41, 5.74) is 8.41. The lowest BCUT2D eigenvalue weighted by Gasteiger charge is -2.26. The number of rotatable bonds is 9. The van der Waals surface area contributed by atoms with Crippen LogP contribution in [0.1, 0.15) is 45.6 Å². The molecule has 1 atom stereocenters. The summed E-state index contributed by atoms with van der Waals surface area (Å²) in [5.74, 6) is 1.52. The molecule has 0 fully saturated rings. The molecule has 114 valence electrons. The van der Waals surface area contributed by atoms with Crippen molar-refractivity contribution in [3.8, 4) is 0 Å². The molecule has 0 aliphatic heterocycles. The number of benzene rings is 1. The fourth-order valence-corrected chi connectivity index (χ4v) is 2.86. The van der Waals surface area contributed by atoms with E-state index >= 15 is 0 Å². The van der Waals surface area contributed by atoms with Gasteiger partial charge in [-0.25, -0.2) is 0 Å². The predicted molar refractivity (Wildman–Crippen MR) is 90.3 cm³/mol. The zero-order valence-corrected chi connectivity index (χ0v) is 13.7. The van der Waals surface area contributed by atoms with Gasteiger partial charge in [-0.3, -0.25) is 0 Å². The summed E-state index contributed by atoms with van der Waals surface area (Å²) in [6.07, 6.45) is 3.70. The summed E-state index contributed by atoms with van der Waals surface area (Å²) in [6.45, 7) is 12.1. The number of hydrogen-bond donors (Lipinski definition) is 1. The van der Waals surface area contributed by atoms with Gasteiger partial charge in [0.2, 0.25) is 0 Å². The molecule has 20 heavy (non-hydrogen) atoms. The van der Waals surface area contributed by atoms with E-state index in [0.29, 0.717) is 0 Å². The fourth-order valence-electron chi connectivity index (χ4n) is 2.86. The Morgan fingerprint density at radius 3 is 2.50 bits per heavy atom. The van der Waals surface area contributed by atoms with Crippen LogP contribution in [-0.4, -0.2) is 19.6 Å². The molecule has 2 nitrogen and oxygen atoms in total. The maximum absolute atomic E-state index is 5.72. The molecular weight excluding hydrogens is 244 g/mol. The van der Waals surface area contributed by atoms with Crippen LogP contribution in [0.25, 0.3) is 0 Å². The first kappa shape index (κ1) is 17.0. The molecule has 0 bridgehead atoms. The molecule has 1 aromatic carbocycles. The molecule has 0 aliphatic carbocycles. The van der Waals surface area contributed by atoms with E-state index < -0.39 is 0 Å². The lowest BCUT2D eigenvalue weighted by molar-refractivity contribution is 0.334. The summed E-state index contributed by atoms with van der Waals surface area (Å²) in [7, 11) is 0. The summed E-state index contributed by atoms with van der Waals surface area (Å²) in [6, 6.07) is 8.81. The van der Waals surface area contributed by atoms with Crippen molar-refractivity contribution in [2.45, 2.75) is 47.0 Å². The van der Waals surface area contributed by atoms with E-state index in [1.54, 1.807) is 0 Å². The highest BCUT2D eigenvalue weighted by atomic mass is 15.1. The first-order chi connectivity index (χ1) is 9.58. The minimum Gasteiger partial charge on any atom is -0.372 e. The Balaban J connectivity index is 2.49. The Morgan fingerprint density at radius 2 is 1.95 bits per heavy atom. The Labute approximate surface area is 125 Å². The van der Waals surface area contributed by atoms with E-state index in [-0.39, 0.29) is 0 Å². The van der Waals surface area contributed by atoms with Gasteiger partial charge >= 0.3 is 0 Å². The van der Waals surface area contributed by atoms with Crippen molar-refractivity contribution in [1.29, 1.82) is 0 Å². The zero-order valence-electron chi connectivity index (χ0n) is 13.7. The van der Waals surface area contributed by atoms with Crippen LogP contribution in [0.2, 0.25) is 0 Å². The average molecular weight is 276 g/mol. The molecule has 1 rings (SSSR count). The minimum atomic E-state index is 0.743. The molecular formula is C18H32N2. The zero-order chi connectivity index (χ0) is 15.0. The highest BCUT2D eigenvalue weighted by molar-refractivity contribution is 5.48. The SMILES string of the molecule is CCN(CCCC(CCN)C(C)C)c1cccc(C)c1. The lowest BCUT2D eigenvalue weighted by atomic mass is 9.88. The third kappa shape index (κ3) is 5.54. The molecule has 0 aliphatic rings. The van der Waals surface area contributed by atoms with Gasteiger partial charge < -0.3 is 10.6 Å². The van der Waals surface area contributed by atoms with Gasteiger partial charge in [0.05, 0.1) is 0 Å². The van der Waals surface area contributed by atoms with Crippen LogP contribution in [0.3, 0.4) is 0 Å². The second-order valence-electron chi connectivity index (χ2n) is 6.14. The normalized spacial score (nSPS) is 12.7. The summed E-state index contributed by atoms with van der Waals surface area (Å²) in [5, 5.41) is 0.